The van der Waals surface area contributed by atoms with Crippen molar-refractivity contribution in [3.63, 3.8) is 0 Å². The lowest BCUT2D eigenvalue weighted by molar-refractivity contribution is 0.200. The number of rotatable bonds is 6. The fourth-order valence-corrected chi connectivity index (χ4v) is 4.23. The van der Waals surface area contributed by atoms with Gasteiger partial charge in [-0.25, -0.2) is 9.97 Å². The number of methoxy groups -OCH3 is 1. The third-order valence-corrected chi connectivity index (χ3v) is 5.69. The monoisotopic (exact) mass is 368 g/mol. The molecular formula is C20H24N4OS. The lowest BCUT2D eigenvalue weighted by Gasteiger charge is -2.32. The van der Waals surface area contributed by atoms with Crippen LogP contribution in [0.15, 0.2) is 47.5 Å². The van der Waals surface area contributed by atoms with Gasteiger partial charge in [0.2, 0.25) is 0 Å². The number of benzene rings is 1. The summed E-state index contributed by atoms with van der Waals surface area (Å²) in [7, 11) is 1.72. The standard InChI is InChI=1S/C20H24N4OS/c1-25-19-4-2-3-16(11-19)12-23-8-5-17(6-9-23)20-21-7-10-24(20)13-18-14-26-15-22-18/h2-4,7,10-11,14-15,17H,5-6,8-9,12-13H2,1H3. The van der Waals surface area contributed by atoms with E-state index < -0.39 is 0 Å². The molecule has 6 heteroatoms. The zero-order chi connectivity index (χ0) is 17.8. The third kappa shape index (κ3) is 3.97. The third-order valence-electron chi connectivity index (χ3n) is 5.06. The van der Waals surface area contributed by atoms with Crippen molar-refractivity contribution < 1.29 is 4.74 Å². The summed E-state index contributed by atoms with van der Waals surface area (Å²) in [5.41, 5.74) is 4.32. The van der Waals surface area contributed by atoms with E-state index >= 15 is 0 Å². The van der Waals surface area contributed by atoms with E-state index in [-0.39, 0.29) is 0 Å². The van der Waals surface area contributed by atoms with Crippen molar-refractivity contribution in [3.05, 3.63) is 64.6 Å². The molecule has 0 atom stereocenters. The van der Waals surface area contributed by atoms with Crippen LogP contribution in [0.2, 0.25) is 0 Å². The minimum atomic E-state index is 0.533. The number of likely N-dealkylation sites (tertiary alicyclic amines) is 1. The van der Waals surface area contributed by atoms with Gasteiger partial charge in [0, 0.05) is 30.2 Å². The normalized spacial score (nSPS) is 16.0. The van der Waals surface area contributed by atoms with E-state index in [1.807, 2.05) is 17.8 Å². The summed E-state index contributed by atoms with van der Waals surface area (Å²) in [5.74, 6) is 2.67. The number of aromatic nitrogens is 3. The minimum absolute atomic E-state index is 0.533. The summed E-state index contributed by atoms with van der Waals surface area (Å²) in [4.78, 5) is 11.6. The maximum atomic E-state index is 5.33. The molecule has 1 aromatic carbocycles. The van der Waals surface area contributed by atoms with Crippen LogP contribution in [0, 0.1) is 0 Å². The van der Waals surface area contributed by atoms with Crippen molar-refractivity contribution in [2.75, 3.05) is 20.2 Å². The first kappa shape index (κ1) is 17.2. The molecule has 26 heavy (non-hydrogen) atoms. The van der Waals surface area contributed by atoms with Gasteiger partial charge in [0.25, 0.3) is 0 Å². The average Bonchev–Trinajstić information content (AvgIpc) is 3.35. The number of piperidine rings is 1. The quantitative estimate of drug-likeness (QED) is 0.664. The Kier molecular flexibility index (Phi) is 5.32. The van der Waals surface area contributed by atoms with Gasteiger partial charge in [0.15, 0.2) is 0 Å². The van der Waals surface area contributed by atoms with Crippen LogP contribution in [0.1, 0.15) is 35.8 Å². The Bertz CT molecular complexity index is 822. The van der Waals surface area contributed by atoms with Gasteiger partial charge in [-0.3, -0.25) is 4.90 Å². The maximum absolute atomic E-state index is 5.33. The fourth-order valence-electron chi connectivity index (χ4n) is 3.68. The predicted octanol–water partition coefficient (Wildman–Crippen LogP) is 3.78. The highest BCUT2D eigenvalue weighted by molar-refractivity contribution is 7.07. The molecule has 0 amide bonds. The molecule has 2 aromatic heterocycles. The second kappa shape index (κ2) is 8.01. The van der Waals surface area contributed by atoms with Crippen LogP contribution in [0.3, 0.4) is 0 Å². The highest BCUT2D eigenvalue weighted by atomic mass is 32.1. The van der Waals surface area contributed by atoms with Crippen molar-refractivity contribution in [2.45, 2.75) is 31.8 Å². The molecule has 0 unspecified atom stereocenters. The van der Waals surface area contributed by atoms with Crippen molar-refractivity contribution in [1.29, 1.82) is 0 Å². The SMILES string of the molecule is COc1cccc(CN2CCC(c3nccn3Cc3cscn3)CC2)c1. The van der Waals surface area contributed by atoms with Gasteiger partial charge in [-0.15, -0.1) is 11.3 Å². The molecule has 3 aromatic rings. The molecule has 4 rings (SSSR count). The van der Waals surface area contributed by atoms with E-state index in [2.05, 4.69) is 49.2 Å². The van der Waals surface area contributed by atoms with Crippen LogP contribution in [0.25, 0.3) is 0 Å². The second-order valence-electron chi connectivity index (χ2n) is 6.80. The summed E-state index contributed by atoms with van der Waals surface area (Å²) in [6, 6.07) is 8.37. The van der Waals surface area contributed by atoms with Crippen LogP contribution in [0.5, 0.6) is 5.75 Å². The number of nitrogens with zero attached hydrogens (tertiary/aromatic N) is 4. The Morgan fingerprint density at radius 2 is 2.08 bits per heavy atom. The van der Waals surface area contributed by atoms with Crippen LogP contribution in [-0.4, -0.2) is 39.6 Å². The van der Waals surface area contributed by atoms with Gasteiger partial charge >= 0.3 is 0 Å². The molecule has 1 aliphatic heterocycles. The molecule has 0 N–H and O–H groups in total. The van der Waals surface area contributed by atoms with Gasteiger partial charge < -0.3 is 9.30 Å². The highest BCUT2D eigenvalue weighted by Gasteiger charge is 2.24. The molecule has 136 valence electrons. The molecular weight excluding hydrogens is 344 g/mol. The molecule has 0 aliphatic carbocycles. The largest absolute Gasteiger partial charge is 0.497 e. The van der Waals surface area contributed by atoms with Gasteiger partial charge in [-0.1, -0.05) is 12.1 Å². The van der Waals surface area contributed by atoms with E-state index in [9.17, 15) is 0 Å². The van der Waals surface area contributed by atoms with E-state index in [0.717, 1.165) is 50.5 Å². The highest BCUT2D eigenvalue weighted by Crippen LogP contribution is 2.28. The van der Waals surface area contributed by atoms with Crippen LogP contribution < -0.4 is 4.74 Å². The topological polar surface area (TPSA) is 43.2 Å². The van der Waals surface area contributed by atoms with Crippen LogP contribution in [0.4, 0.5) is 0 Å². The molecule has 1 fully saturated rings. The Balaban J connectivity index is 1.36. The number of ether oxygens (including phenoxy) is 1. The van der Waals surface area contributed by atoms with Gasteiger partial charge in [-0.2, -0.15) is 0 Å². The molecule has 0 bridgehead atoms. The first-order valence-electron chi connectivity index (χ1n) is 9.05. The van der Waals surface area contributed by atoms with E-state index in [4.69, 9.17) is 4.74 Å². The predicted molar refractivity (Wildman–Crippen MR) is 104 cm³/mol. The van der Waals surface area contributed by atoms with Gasteiger partial charge in [-0.05, 0) is 43.6 Å². The lowest BCUT2D eigenvalue weighted by atomic mass is 9.95. The first-order valence-corrected chi connectivity index (χ1v) is 9.99. The summed E-state index contributed by atoms with van der Waals surface area (Å²) in [5, 5.41) is 2.11. The molecule has 0 spiro atoms. The Morgan fingerprint density at radius 1 is 1.19 bits per heavy atom. The summed E-state index contributed by atoms with van der Waals surface area (Å²) in [6.45, 7) is 4.01. The van der Waals surface area contributed by atoms with E-state index in [1.165, 1.54) is 11.4 Å². The summed E-state index contributed by atoms with van der Waals surface area (Å²) < 4.78 is 7.59. The van der Waals surface area contributed by atoms with Gasteiger partial charge in [0.1, 0.15) is 11.6 Å². The Labute approximate surface area is 158 Å². The Morgan fingerprint density at radius 3 is 2.85 bits per heavy atom. The average molecular weight is 369 g/mol. The number of imidazole rings is 1. The smallest absolute Gasteiger partial charge is 0.119 e. The Hall–Kier alpha value is -2.18. The number of hydrogen-bond acceptors (Lipinski definition) is 5. The van der Waals surface area contributed by atoms with Crippen molar-refractivity contribution >= 4 is 11.3 Å². The summed E-state index contributed by atoms with van der Waals surface area (Å²) in [6.07, 6.45) is 6.30. The zero-order valence-corrected chi connectivity index (χ0v) is 15.9. The molecule has 0 saturated carbocycles. The first-order chi connectivity index (χ1) is 12.8. The number of thiazole rings is 1. The molecule has 1 saturated heterocycles. The van der Waals surface area contributed by atoms with Crippen molar-refractivity contribution in [3.8, 4) is 5.75 Å². The van der Waals surface area contributed by atoms with E-state index in [1.54, 1.807) is 18.4 Å². The molecule has 5 nitrogen and oxygen atoms in total. The summed E-state index contributed by atoms with van der Waals surface area (Å²) >= 11 is 1.65. The fraction of sp³-hybridized carbons (Fsp3) is 0.400. The second-order valence-corrected chi connectivity index (χ2v) is 7.51. The zero-order valence-electron chi connectivity index (χ0n) is 15.0. The van der Waals surface area contributed by atoms with Gasteiger partial charge in [0.05, 0.1) is 24.9 Å². The minimum Gasteiger partial charge on any atom is -0.497 e. The van der Waals surface area contributed by atoms with E-state index in [0.29, 0.717) is 5.92 Å². The van der Waals surface area contributed by atoms with Crippen molar-refractivity contribution in [2.24, 2.45) is 0 Å². The maximum Gasteiger partial charge on any atom is 0.119 e. The van der Waals surface area contributed by atoms with Crippen LogP contribution in [-0.2, 0) is 13.1 Å². The molecule has 0 radical (unpaired) electrons. The molecule has 3 heterocycles. The lowest BCUT2D eigenvalue weighted by Crippen LogP contribution is -2.33. The molecule has 1 aliphatic rings. The van der Waals surface area contributed by atoms with Crippen LogP contribution >= 0.6 is 11.3 Å². The number of hydrogen-bond donors (Lipinski definition) is 0. The van der Waals surface area contributed by atoms with Crippen molar-refractivity contribution in [1.82, 2.24) is 19.4 Å².